The van der Waals surface area contributed by atoms with Crippen LogP contribution in [0.1, 0.15) is 50.1 Å². The summed E-state index contributed by atoms with van der Waals surface area (Å²) in [5, 5.41) is 0. The van der Waals surface area contributed by atoms with Gasteiger partial charge in [0.25, 0.3) is 0 Å². The Balaban J connectivity index is 1.74. The van der Waals surface area contributed by atoms with Gasteiger partial charge in [-0.25, -0.2) is 0 Å². The SMILES string of the molecule is C=Cc1ccc(-c2cc(C)c(B3c4c(C)cc(C)cc4Cc4cc(C)cc(C)c43)c(C)c2)cc1. The predicted octanol–water partition coefficient (Wildman–Crippen LogP) is 6.27. The molecule has 0 amide bonds. The first-order chi connectivity index (χ1) is 16.3. The lowest BCUT2D eigenvalue weighted by Crippen LogP contribution is -2.60. The van der Waals surface area contributed by atoms with Gasteiger partial charge in [0.05, 0.1) is 0 Å². The standard InChI is InChI=1S/C33H33B/c1-8-26-9-11-27(12-10-26)28-17-24(6)31(25(7)18-28)34-32-22(4)13-20(2)15-29(32)19-30-16-21(3)14-23(5)33(30)34/h8-18H,1,19H2,2-7H3. The lowest BCUT2D eigenvalue weighted by Gasteiger charge is -2.32. The quantitative estimate of drug-likeness (QED) is 0.290. The van der Waals surface area contributed by atoms with Crippen LogP contribution in [0.5, 0.6) is 0 Å². The van der Waals surface area contributed by atoms with Crippen molar-refractivity contribution in [2.45, 2.75) is 48.0 Å². The zero-order valence-corrected chi connectivity index (χ0v) is 21.3. The lowest BCUT2D eigenvalue weighted by atomic mass is 9.31. The molecule has 4 aromatic carbocycles. The molecule has 1 aliphatic heterocycles. The zero-order chi connectivity index (χ0) is 24.1. The predicted molar refractivity (Wildman–Crippen MR) is 151 cm³/mol. The molecule has 168 valence electrons. The van der Waals surface area contributed by atoms with Gasteiger partial charge < -0.3 is 0 Å². The molecule has 1 heterocycles. The summed E-state index contributed by atoms with van der Waals surface area (Å²) >= 11 is 0. The Morgan fingerprint density at radius 3 is 1.53 bits per heavy atom. The lowest BCUT2D eigenvalue weighted by molar-refractivity contribution is 1.16. The first kappa shape index (κ1) is 22.5. The van der Waals surface area contributed by atoms with Crippen LogP contribution in [-0.2, 0) is 6.42 Å². The monoisotopic (exact) mass is 440 g/mol. The van der Waals surface area contributed by atoms with E-state index in [1.165, 1.54) is 72.0 Å². The minimum absolute atomic E-state index is 0.275. The average molecular weight is 440 g/mol. The molecule has 1 aliphatic rings. The summed E-state index contributed by atoms with van der Waals surface area (Å²) in [6, 6.07) is 23.0. The molecule has 5 rings (SSSR count). The summed E-state index contributed by atoms with van der Waals surface area (Å²) in [5.41, 5.74) is 19.4. The Labute approximate surface area is 205 Å². The summed E-state index contributed by atoms with van der Waals surface area (Å²) in [7, 11) is 0. The van der Waals surface area contributed by atoms with Crippen LogP contribution < -0.4 is 16.4 Å². The third kappa shape index (κ3) is 3.74. The first-order valence-corrected chi connectivity index (χ1v) is 12.3. The molecular weight excluding hydrogens is 407 g/mol. The van der Waals surface area contributed by atoms with Gasteiger partial charge in [0, 0.05) is 0 Å². The van der Waals surface area contributed by atoms with Crippen molar-refractivity contribution in [1.82, 2.24) is 0 Å². The Hall–Kier alpha value is -3.32. The molecule has 0 aliphatic carbocycles. The van der Waals surface area contributed by atoms with Crippen LogP contribution in [0.4, 0.5) is 0 Å². The smallest absolute Gasteiger partial charge is 0.0985 e. The van der Waals surface area contributed by atoms with Crippen LogP contribution in [-0.4, -0.2) is 6.71 Å². The molecule has 0 unspecified atom stereocenters. The van der Waals surface area contributed by atoms with Crippen LogP contribution in [0.2, 0.25) is 0 Å². The summed E-state index contributed by atoms with van der Waals surface area (Å²) in [4.78, 5) is 0. The minimum Gasteiger partial charge on any atom is -0.0985 e. The maximum absolute atomic E-state index is 3.89. The third-order valence-corrected chi connectivity index (χ3v) is 7.55. The molecule has 0 aromatic heterocycles. The Morgan fingerprint density at radius 1 is 0.588 bits per heavy atom. The first-order valence-electron chi connectivity index (χ1n) is 12.3. The fourth-order valence-corrected chi connectivity index (χ4v) is 6.30. The maximum Gasteiger partial charge on any atom is 0.243 e. The van der Waals surface area contributed by atoms with Gasteiger partial charge in [-0.2, -0.15) is 0 Å². The second-order valence-corrected chi connectivity index (χ2v) is 10.3. The summed E-state index contributed by atoms with van der Waals surface area (Å²) in [5.74, 6) is 0. The third-order valence-electron chi connectivity index (χ3n) is 7.55. The van der Waals surface area contributed by atoms with Gasteiger partial charge in [0.15, 0.2) is 0 Å². The maximum atomic E-state index is 3.89. The van der Waals surface area contributed by atoms with Crippen molar-refractivity contribution in [1.29, 1.82) is 0 Å². The number of hydrogen-bond acceptors (Lipinski definition) is 0. The minimum atomic E-state index is 0.275. The molecule has 1 heteroatoms. The van der Waals surface area contributed by atoms with Gasteiger partial charge in [-0.15, -0.1) is 0 Å². The van der Waals surface area contributed by atoms with Crippen molar-refractivity contribution in [3.63, 3.8) is 0 Å². The Kier molecular flexibility index (Phi) is 5.60. The van der Waals surface area contributed by atoms with Crippen LogP contribution in [0.15, 0.2) is 67.2 Å². The molecule has 4 aromatic rings. The van der Waals surface area contributed by atoms with E-state index in [4.69, 9.17) is 0 Å². The van der Waals surface area contributed by atoms with Crippen molar-refractivity contribution in [2.75, 3.05) is 0 Å². The van der Waals surface area contributed by atoms with Gasteiger partial charge >= 0.3 is 0 Å². The number of fused-ring (bicyclic) bond motifs is 2. The zero-order valence-electron chi connectivity index (χ0n) is 21.3. The number of rotatable bonds is 3. The van der Waals surface area contributed by atoms with E-state index in [-0.39, 0.29) is 6.71 Å². The van der Waals surface area contributed by atoms with Crippen LogP contribution in [0.3, 0.4) is 0 Å². The van der Waals surface area contributed by atoms with Crippen molar-refractivity contribution < 1.29 is 0 Å². The molecule has 0 saturated heterocycles. The second kappa shape index (κ2) is 8.47. The largest absolute Gasteiger partial charge is 0.243 e. The van der Waals surface area contributed by atoms with Gasteiger partial charge in [-0.3, -0.25) is 0 Å². The van der Waals surface area contributed by atoms with Gasteiger partial charge in [-0.1, -0.05) is 123 Å². The van der Waals surface area contributed by atoms with Gasteiger partial charge in [0.1, 0.15) is 0 Å². The van der Waals surface area contributed by atoms with E-state index in [1.54, 1.807) is 0 Å². The highest BCUT2D eigenvalue weighted by Crippen LogP contribution is 2.25. The molecule has 0 atom stereocenters. The molecule has 0 radical (unpaired) electrons. The summed E-state index contributed by atoms with van der Waals surface area (Å²) < 4.78 is 0. The van der Waals surface area contributed by atoms with Crippen LogP contribution in [0.25, 0.3) is 17.2 Å². The molecule has 34 heavy (non-hydrogen) atoms. The highest BCUT2D eigenvalue weighted by Gasteiger charge is 2.35. The van der Waals surface area contributed by atoms with E-state index in [9.17, 15) is 0 Å². The molecule has 0 bridgehead atoms. The Morgan fingerprint density at radius 2 is 1.06 bits per heavy atom. The summed E-state index contributed by atoms with van der Waals surface area (Å²) in [6.45, 7) is 17.8. The highest BCUT2D eigenvalue weighted by molar-refractivity contribution is 6.97. The second-order valence-electron chi connectivity index (χ2n) is 10.3. The van der Waals surface area contributed by atoms with Crippen molar-refractivity contribution >= 4 is 29.2 Å². The van der Waals surface area contributed by atoms with Crippen molar-refractivity contribution in [3.8, 4) is 11.1 Å². The van der Waals surface area contributed by atoms with Gasteiger partial charge in [-0.05, 0) is 75.8 Å². The Bertz CT molecular complexity index is 1360. The highest BCUT2D eigenvalue weighted by atomic mass is 14.2. The van der Waals surface area contributed by atoms with E-state index in [2.05, 4.69) is 109 Å². The molecule has 0 spiro atoms. The fourth-order valence-electron chi connectivity index (χ4n) is 6.30. The van der Waals surface area contributed by atoms with Crippen LogP contribution >= 0.6 is 0 Å². The van der Waals surface area contributed by atoms with E-state index in [0.717, 1.165) is 12.0 Å². The van der Waals surface area contributed by atoms with Crippen LogP contribution in [0, 0.1) is 41.5 Å². The van der Waals surface area contributed by atoms with E-state index in [0.29, 0.717) is 0 Å². The summed E-state index contributed by atoms with van der Waals surface area (Å²) in [6.07, 6.45) is 2.92. The topological polar surface area (TPSA) is 0 Å². The van der Waals surface area contributed by atoms with E-state index >= 15 is 0 Å². The number of benzene rings is 4. The van der Waals surface area contributed by atoms with Gasteiger partial charge in [0.2, 0.25) is 6.71 Å². The normalized spacial score (nSPS) is 12.4. The molecule has 0 N–H and O–H groups in total. The number of aryl methyl sites for hydroxylation is 6. The van der Waals surface area contributed by atoms with Crippen molar-refractivity contribution in [2.24, 2.45) is 0 Å². The number of hydrogen-bond donors (Lipinski definition) is 0. The van der Waals surface area contributed by atoms with E-state index in [1.807, 2.05) is 6.08 Å². The molecular formula is C33H33B. The van der Waals surface area contributed by atoms with E-state index < -0.39 is 0 Å². The molecule has 0 saturated carbocycles. The molecule has 0 fully saturated rings. The average Bonchev–Trinajstić information content (AvgIpc) is 2.77. The van der Waals surface area contributed by atoms with Crippen molar-refractivity contribution in [3.05, 3.63) is 117 Å². The molecule has 0 nitrogen and oxygen atoms in total. The fraction of sp³-hybridized carbons (Fsp3) is 0.212.